The van der Waals surface area contributed by atoms with Crippen LogP contribution < -0.4 is 10.6 Å². The smallest absolute Gasteiger partial charge is 0.230 e. The van der Waals surface area contributed by atoms with E-state index < -0.39 is 0 Å². The van der Waals surface area contributed by atoms with Crippen molar-refractivity contribution in [2.45, 2.75) is 52.4 Å². The highest BCUT2D eigenvalue weighted by molar-refractivity contribution is 5.95. The van der Waals surface area contributed by atoms with Gasteiger partial charge >= 0.3 is 0 Å². The number of fused-ring (bicyclic) bond motifs is 1. The van der Waals surface area contributed by atoms with Gasteiger partial charge in [0, 0.05) is 23.3 Å². The Morgan fingerprint density at radius 3 is 2.81 bits per heavy atom. The van der Waals surface area contributed by atoms with Gasteiger partial charge in [0.15, 0.2) is 0 Å². The Hall–Kier alpha value is -1.51. The summed E-state index contributed by atoms with van der Waals surface area (Å²) in [6, 6.07) is 6.24. The van der Waals surface area contributed by atoms with Gasteiger partial charge in [-0.05, 0) is 55.4 Å². The predicted molar refractivity (Wildman–Crippen MR) is 87.6 cm³/mol. The molecule has 1 amide bonds. The van der Waals surface area contributed by atoms with Crippen LogP contribution in [0.1, 0.15) is 51.5 Å². The molecule has 2 N–H and O–H groups in total. The normalized spacial score (nSPS) is 19.4. The van der Waals surface area contributed by atoms with Crippen molar-refractivity contribution in [2.24, 2.45) is 11.3 Å². The highest BCUT2D eigenvalue weighted by atomic mass is 16.2. The molecule has 1 saturated carbocycles. The maximum Gasteiger partial charge on any atom is 0.230 e. The molecular formula is C18H26N2O. The van der Waals surface area contributed by atoms with Crippen molar-refractivity contribution in [1.82, 2.24) is 0 Å². The topological polar surface area (TPSA) is 41.1 Å². The third kappa shape index (κ3) is 2.92. The second-order valence-corrected chi connectivity index (χ2v) is 7.09. The summed E-state index contributed by atoms with van der Waals surface area (Å²) in [6.45, 7) is 5.44. The molecular weight excluding hydrogens is 260 g/mol. The van der Waals surface area contributed by atoms with Crippen LogP contribution in [-0.2, 0) is 11.2 Å². The van der Waals surface area contributed by atoms with Gasteiger partial charge in [-0.15, -0.1) is 0 Å². The zero-order valence-electron chi connectivity index (χ0n) is 13.2. The van der Waals surface area contributed by atoms with Gasteiger partial charge in [-0.1, -0.05) is 26.7 Å². The van der Waals surface area contributed by atoms with Crippen molar-refractivity contribution >= 4 is 17.3 Å². The highest BCUT2D eigenvalue weighted by Gasteiger charge is 2.41. The van der Waals surface area contributed by atoms with Crippen LogP contribution in [0, 0.1) is 11.3 Å². The average molecular weight is 286 g/mol. The van der Waals surface area contributed by atoms with E-state index in [0.29, 0.717) is 5.92 Å². The van der Waals surface area contributed by atoms with E-state index in [4.69, 9.17) is 0 Å². The first-order valence-electron chi connectivity index (χ1n) is 8.27. The molecule has 0 aromatic heterocycles. The zero-order chi connectivity index (χ0) is 14.9. The lowest BCUT2D eigenvalue weighted by Gasteiger charge is -2.29. The van der Waals surface area contributed by atoms with Gasteiger partial charge < -0.3 is 10.6 Å². The van der Waals surface area contributed by atoms with Gasteiger partial charge in [-0.3, -0.25) is 4.79 Å². The molecule has 1 aromatic rings. The largest absolute Gasteiger partial charge is 0.384 e. The first-order chi connectivity index (χ1) is 10.1. The number of rotatable bonds is 4. The van der Waals surface area contributed by atoms with E-state index in [-0.39, 0.29) is 11.3 Å². The standard InChI is InChI=1S/C18H26N2O/c1-13(2)12-18(8-3-4-9-18)17(21)20-15-5-6-16-14(11-15)7-10-19-16/h5-6,11,13,19H,3-4,7-10,12H2,1-2H3,(H,20,21). The Labute approximate surface area is 127 Å². The predicted octanol–water partition coefficient (Wildman–Crippen LogP) is 4.20. The quantitative estimate of drug-likeness (QED) is 0.871. The summed E-state index contributed by atoms with van der Waals surface area (Å²) in [5.74, 6) is 0.803. The lowest BCUT2D eigenvalue weighted by Crippen LogP contribution is -2.35. The Balaban J connectivity index is 1.75. The molecule has 3 heteroatoms. The number of nitrogens with one attached hydrogen (secondary N) is 2. The minimum Gasteiger partial charge on any atom is -0.384 e. The maximum atomic E-state index is 12.8. The molecule has 0 unspecified atom stereocenters. The Kier molecular flexibility index (Phi) is 3.92. The molecule has 0 radical (unpaired) electrons. The summed E-state index contributed by atoms with van der Waals surface area (Å²) in [5.41, 5.74) is 3.35. The minimum atomic E-state index is -0.134. The van der Waals surface area contributed by atoms with E-state index in [0.717, 1.165) is 37.9 Å². The second kappa shape index (κ2) is 5.70. The summed E-state index contributed by atoms with van der Waals surface area (Å²) in [6.07, 6.45) is 6.52. The van der Waals surface area contributed by atoms with E-state index in [1.807, 2.05) is 6.07 Å². The number of anilines is 2. The number of carbonyl (C=O) groups excluding carboxylic acids is 1. The van der Waals surface area contributed by atoms with Gasteiger partial charge in [-0.25, -0.2) is 0 Å². The van der Waals surface area contributed by atoms with Crippen molar-refractivity contribution in [3.8, 4) is 0 Å². The number of benzene rings is 1. The van der Waals surface area contributed by atoms with E-state index >= 15 is 0 Å². The lowest BCUT2D eigenvalue weighted by molar-refractivity contribution is -0.126. The van der Waals surface area contributed by atoms with E-state index in [9.17, 15) is 4.79 Å². The van der Waals surface area contributed by atoms with Crippen LogP contribution in [-0.4, -0.2) is 12.5 Å². The molecule has 3 nitrogen and oxygen atoms in total. The van der Waals surface area contributed by atoms with Crippen LogP contribution in [0.2, 0.25) is 0 Å². The maximum absolute atomic E-state index is 12.8. The number of carbonyl (C=O) groups is 1. The molecule has 1 heterocycles. The van der Waals surface area contributed by atoms with E-state index in [1.54, 1.807) is 0 Å². The molecule has 114 valence electrons. The molecule has 0 atom stereocenters. The SMILES string of the molecule is CC(C)CC1(C(=O)Nc2ccc3c(c2)CCN3)CCCC1. The molecule has 1 aromatic carbocycles. The van der Waals surface area contributed by atoms with Crippen LogP contribution in [0.3, 0.4) is 0 Å². The third-order valence-corrected chi connectivity index (χ3v) is 4.91. The van der Waals surface area contributed by atoms with Gasteiger partial charge in [0.2, 0.25) is 5.91 Å². The molecule has 1 fully saturated rings. The number of hydrogen-bond donors (Lipinski definition) is 2. The number of hydrogen-bond acceptors (Lipinski definition) is 2. The van der Waals surface area contributed by atoms with E-state index in [2.05, 4.69) is 36.6 Å². The Morgan fingerprint density at radius 1 is 1.33 bits per heavy atom. The molecule has 0 spiro atoms. The monoisotopic (exact) mass is 286 g/mol. The highest BCUT2D eigenvalue weighted by Crippen LogP contribution is 2.44. The van der Waals surface area contributed by atoms with Crippen molar-refractivity contribution in [3.05, 3.63) is 23.8 Å². The second-order valence-electron chi connectivity index (χ2n) is 7.09. The number of amides is 1. The zero-order valence-corrected chi connectivity index (χ0v) is 13.2. The molecule has 1 aliphatic heterocycles. The fourth-order valence-corrected chi connectivity index (χ4v) is 4.00. The first kappa shape index (κ1) is 14.4. The molecule has 3 rings (SSSR count). The summed E-state index contributed by atoms with van der Waals surface area (Å²) < 4.78 is 0. The average Bonchev–Trinajstić information content (AvgIpc) is 3.06. The third-order valence-electron chi connectivity index (χ3n) is 4.91. The van der Waals surface area contributed by atoms with Crippen molar-refractivity contribution in [2.75, 3.05) is 17.2 Å². The molecule has 0 saturated heterocycles. The van der Waals surface area contributed by atoms with Crippen molar-refractivity contribution < 1.29 is 4.79 Å². The fraction of sp³-hybridized carbons (Fsp3) is 0.611. The van der Waals surface area contributed by atoms with Crippen molar-refractivity contribution in [1.29, 1.82) is 0 Å². The fourth-order valence-electron chi connectivity index (χ4n) is 4.00. The van der Waals surface area contributed by atoms with Crippen LogP contribution in [0.4, 0.5) is 11.4 Å². The van der Waals surface area contributed by atoms with Gasteiger partial charge in [-0.2, -0.15) is 0 Å². The van der Waals surface area contributed by atoms with Crippen LogP contribution in [0.25, 0.3) is 0 Å². The van der Waals surface area contributed by atoms with E-state index in [1.165, 1.54) is 24.1 Å². The molecule has 21 heavy (non-hydrogen) atoms. The summed E-state index contributed by atoms with van der Waals surface area (Å²) in [4.78, 5) is 12.8. The van der Waals surface area contributed by atoms with Crippen molar-refractivity contribution in [3.63, 3.8) is 0 Å². The summed E-state index contributed by atoms with van der Waals surface area (Å²) in [5, 5.41) is 6.55. The van der Waals surface area contributed by atoms with Crippen LogP contribution >= 0.6 is 0 Å². The minimum absolute atomic E-state index is 0.134. The van der Waals surface area contributed by atoms with Crippen LogP contribution in [0.5, 0.6) is 0 Å². The van der Waals surface area contributed by atoms with Gasteiger partial charge in [0.25, 0.3) is 0 Å². The molecule has 1 aliphatic carbocycles. The first-order valence-corrected chi connectivity index (χ1v) is 8.27. The van der Waals surface area contributed by atoms with Crippen LogP contribution in [0.15, 0.2) is 18.2 Å². The lowest BCUT2D eigenvalue weighted by atomic mass is 9.77. The van der Waals surface area contributed by atoms with Gasteiger partial charge in [0.1, 0.15) is 0 Å². The Morgan fingerprint density at radius 2 is 2.10 bits per heavy atom. The Bertz CT molecular complexity index is 530. The van der Waals surface area contributed by atoms with Gasteiger partial charge in [0.05, 0.1) is 0 Å². The summed E-state index contributed by atoms with van der Waals surface area (Å²) in [7, 11) is 0. The molecule has 0 bridgehead atoms. The summed E-state index contributed by atoms with van der Waals surface area (Å²) >= 11 is 0. The molecule has 2 aliphatic rings.